The minimum absolute atomic E-state index is 0.0860. The number of aryl methyl sites for hydroxylation is 1. The van der Waals surface area contributed by atoms with Gasteiger partial charge in [0.05, 0.1) is 23.1 Å². The maximum atomic E-state index is 12.9. The van der Waals surface area contributed by atoms with Crippen LogP contribution in [0.4, 0.5) is 13.2 Å². The van der Waals surface area contributed by atoms with E-state index in [1.165, 1.54) is 4.68 Å². The second-order valence-electron chi connectivity index (χ2n) is 6.65. The monoisotopic (exact) mass is 398 g/mol. The minimum Gasteiger partial charge on any atom is -0.240 e. The fraction of sp³-hybridized carbons (Fsp3) is 0.200. The molecule has 0 bridgehead atoms. The van der Waals surface area contributed by atoms with Gasteiger partial charge in [0.1, 0.15) is 12.2 Å². The van der Waals surface area contributed by atoms with Gasteiger partial charge in [0, 0.05) is 12.1 Å². The van der Waals surface area contributed by atoms with Crippen molar-refractivity contribution in [3.63, 3.8) is 0 Å². The van der Waals surface area contributed by atoms with Crippen LogP contribution in [0.1, 0.15) is 35.5 Å². The number of halogens is 3. The highest BCUT2D eigenvalue weighted by Gasteiger charge is 2.32. The molecule has 6 nitrogen and oxygen atoms in total. The second kappa shape index (κ2) is 7.16. The first-order valence-corrected chi connectivity index (χ1v) is 8.89. The van der Waals surface area contributed by atoms with Crippen molar-refractivity contribution in [3.8, 4) is 11.5 Å². The highest BCUT2D eigenvalue weighted by atomic mass is 19.4. The third kappa shape index (κ3) is 3.89. The van der Waals surface area contributed by atoms with Gasteiger partial charge in [0.2, 0.25) is 0 Å². The van der Waals surface area contributed by atoms with Crippen molar-refractivity contribution in [1.29, 1.82) is 0 Å². The average molecular weight is 398 g/mol. The van der Waals surface area contributed by atoms with Crippen LogP contribution >= 0.6 is 0 Å². The molecule has 0 N–H and O–H groups in total. The first-order chi connectivity index (χ1) is 13.8. The number of alkyl halides is 3. The van der Waals surface area contributed by atoms with Crippen molar-refractivity contribution in [1.82, 2.24) is 29.5 Å². The molecule has 9 heteroatoms. The third-order valence-electron chi connectivity index (χ3n) is 4.59. The smallest absolute Gasteiger partial charge is 0.240 e. The van der Waals surface area contributed by atoms with Crippen molar-refractivity contribution < 1.29 is 13.2 Å². The summed E-state index contributed by atoms with van der Waals surface area (Å²) in [5, 5.41) is 8.11. The van der Waals surface area contributed by atoms with E-state index in [0.717, 1.165) is 23.7 Å². The standard InChI is InChI=1S/C20H17F3N6/c1-13(18-7-4-8-19(26-18)29-12-24-14(2)27-29)15-5-3-6-17(9-15)28-11-16(10-25-28)20(21,22)23/h3-13H,1-2H3. The number of hydrogen-bond donors (Lipinski definition) is 0. The summed E-state index contributed by atoms with van der Waals surface area (Å²) in [5.41, 5.74) is 1.48. The molecule has 4 rings (SSSR count). The van der Waals surface area contributed by atoms with E-state index in [0.29, 0.717) is 17.3 Å². The van der Waals surface area contributed by atoms with Crippen LogP contribution in [0.25, 0.3) is 11.5 Å². The molecule has 0 aliphatic heterocycles. The van der Waals surface area contributed by atoms with Crippen LogP contribution in [0, 0.1) is 6.92 Å². The predicted octanol–water partition coefficient (Wildman–Crippen LogP) is 4.33. The van der Waals surface area contributed by atoms with E-state index in [1.807, 2.05) is 37.3 Å². The van der Waals surface area contributed by atoms with Crippen LogP contribution in [-0.2, 0) is 6.18 Å². The SMILES string of the molecule is Cc1ncn(-c2cccc(C(C)c3cccc(-n4cc(C(F)(F)F)cn4)c3)n2)n1. The molecule has 0 saturated heterocycles. The van der Waals surface area contributed by atoms with E-state index < -0.39 is 11.7 Å². The Balaban J connectivity index is 1.64. The Morgan fingerprint density at radius 1 is 1.03 bits per heavy atom. The quantitative estimate of drug-likeness (QED) is 0.514. The molecule has 4 aromatic rings. The maximum Gasteiger partial charge on any atom is 0.419 e. The van der Waals surface area contributed by atoms with Crippen molar-refractivity contribution in [2.24, 2.45) is 0 Å². The van der Waals surface area contributed by atoms with Crippen molar-refractivity contribution in [2.45, 2.75) is 25.9 Å². The van der Waals surface area contributed by atoms with Crippen LogP contribution in [0.15, 0.2) is 61.2 Å². The van der Waals surface area contributed by atoms with Crippen molar-refractivity contribution in [2.75, 3.05) is 0 Å². The van der Waals surface area contributed by atoms with E-state index in [9.17, 15) is 13.2 Å². The molecule has 1 unspecified atom stereocenters. The molecule has 0 aliphatic carbocycles. The average Bonchev–Trinajstić information content (AvgIpc) is 3.37. The molecule has 29 heavy (non-hydrogen) atoms. The van der Waals surface area contributed by atoms with E-state index in [-0.39, 0.29) is 5.92 Å². The Morgan fingerprint density at radius 3 is 2.52 bits per heavy atom. The summed E-state index contributed by atoms with van der Waals surface area (Å²) in [4.78, 5) is 8.77. The number of benzene rings is 1. The van der Waals surface area contributed by atoms with E-state index in [1.54, 1.807) is 30.1 Å². The molecular formula is C20H17F3N6. The van der Waals surface area contributed by atoms with Gasteiger partial charge in [0.15, 0.2) is 5.82 Å². The van der Waals surface area contributed by atoms with Gasteiger partial charge in [-0.05, 0) is 36.8 Å². The van der Waals surface area contributed by atoms with E-state index >= 15 is 0 Å². The Bertz CT molecular complexity index is 1140. The fourth-order valence-corrected chi connectivity index (χ4v) is 2.98. The van der Waals surface area contributed by atoms with Gasteiger partial charge in [0.25, 0.3) is 0 Å². The number of hydrogen-bond acceptors (Lipinski definition) is 4. The third-order valence-corrected chi connectivity index (χ3v) is 4.59. The first kappa shape index (κ1) is 18.9. The van der Waals surface area contributed by atoms with Gasteiger partial charge in [-0.2, -0.15) is 23.4 Å². The van der Waals surface area contributed by atoms with Gasteiger partial charge in [-0.3, -0.25) is 0 Å². The minimum atomic E-state index is -4.42. The lowest BCUT2D eigenvalue weighted by molar-refractivity contribution is -0.137. The van der Waals surface area contributed by atoms with Crippen LogP contribution in [0.2, 0.25) is 0 Å². The van der Waals surface area contributed by atoms with E-state index in [2.05, 4.69) is 20.2 Å². The van der Waals surface area contributed by atoms with Gasteiger partial charge in [-0.25, -0.2) is 19.3 Å². The molecule has 3 aromatic heterocycles. The Morgan fingerprint density at radius 2 is 1.83 bits per heavy atom. The van der Waals surface area contributed by atoms with Crippen LogP contribution in [0.3, 0.4) is 0 Å². The molecule has 0 spiro atoms. The fourth-order valence-electron chi connectivity index (χ4n) is 2.98. The Labute approximate surface area is 164 Å². The lowest BCUT2D eigenvalue weighted by Crippen LogP contribution is -2.05. The molecule has 0 amide bonds. The molecular weight excluding hydrogens is 381 g/mol. The van der Waals surface area contributed by atoms with Crippen molar-refractivity contribution >= 4 is 0 Å². The predicted molar refractivity (Wildman–Crippen MR) is 100.0 cm³/mol. The summed E-state index contributed by atoms with van der Waals surface area (Å²) in [7, 11) is 0. The van der Waals surface area contributed by atoms with Gasteiger partial charge in [-0.15, -0.1) is 0 Å². The summed E-state index contributed by atoms with van der Waals surface area (Å²) in [6.45, 7) is 3.79. The molecule has 0 radical (unpaired) electrons. The highest BCUT2D eigenvalue weighted by Crippen LogP contribution is 2.30. The normalized spacial score (nSPS) is 12.9. The van der Waals surface area contributed by atoms with Gasteiger partial charge in [-0.1, -0.05) is 25.1 Å². The Kier molecular flexibility index (Phi) is 4.65. The van der Waals surface area contributed by atoms with Crippen LogP contribution < -0.4 is 0 Å². The number of rotatable bonds is 4. The molecule has 3 heterocycles. The number of aromatic nitrogens is 6. The molecule has 0 aliphatic rings. The van der Waals surface area contributed by atoms with Crippen LogP contribution in [0.5, 0.6) is 0 Å². The number of nitrogens with zero attached hydrogens (tertiary/aromatic N) is 6. The molecule has 1 atom stereocenters. The summed E-state index contributed by atoms with van der Waals surface area (Å²) in [5.74, 6) is 1.21. The zero-order chi connectivity index (χ0) is 20.6. The Hall–Kier alpha value is -3.49. The summed E-state index contributed by atoms with van der Waals surface area (Å²) in [6.07, 6.45) is -1.02. The number of pyridine rings is 1. The zero-order valence-corrected chi connectivity index (χ0v) is 15.7. The zero-order valence-electron chi connectivity index (χ0n) is 15.7. The lowest BCUT2D eigenvalue weighted by atomic mass is 9.97. The molecule has 148 valence electrons. The summed E-state index contributed by atoms with van der Waals surface area (Å²) in [6, 6.07) is 12.9. The molecule has 0 saturated carbocycles. The van der Waals surface area contributed by atoms with Crippen LogP contribution in [-0.4, -0.2) is 29.5 Å². The van der Waals surface area contributed by atoms with E-state index in [4.69, 9.17) is 0 Å². The highest BCUT2D eigenvalue weighted by molar-refractivity contribution is 5.40. The largest absolute Gasteiger partial charge is 0.419 e. The van der Waals surface area contributed by atoms with Crippen molar-refractivity contribution in [3.05, 3.63) is 83.8 Å². The lowest BCUT2D eigenvalue weighted by Gasteiger charge is -2.14. The maximum absolute atomic E-state index is 12.9. The topological polar surface area (TPSA) is 61.4 Å². The summed E-state index contributed by atoms with van der Waals surface area (Å²) >= 11 is 0. The molecule has 1 aromatic carbocycles. The summed E-state index contributed by atoms with van der Waals surface area (Å²) < 4.78 is 41.4. The van der Waals surface area contributed by atoms with Gasteiger partial charge < -0.3 is 0 Å². The second-order valence-corrected chi connectivity index (χ2v) is 6.65. The molecule has 0 fully saturated rings. The van der Waals surface area contributed by atoms with Gasteiger partial charge >= 0.3 is 6.18 Å². The first-order valence-electron chi connectivity index (χ1n) is 8.89.